The summed E-state index contributed by atoms with van der Waals surface area (Å²) in [4.78, 5) is 11.5. The van der Waals surface area contributed by atoms with E-state index in [4.69, 9.17) is 0 Å². The first-order chi connectivity index (χ1) is 7.45. The fourth-order valence-electron chi connectivity index (χ4n) is 1.21. The number of hydrogen-bond acceptors (Lipinski definition) is 2. The minimum atomic E-state index is -0.0174. The van der Waals surface area contributed by atoms with E-state index < -0.39 is 0 Å². The maximum atomic E-state index is 11.5. The standard InChI is InChI=1S/C13H23NOS/c1-10(2)6-5-7-11(3)8-13(15)14-12(4)9-16/h6,8,12,16H,5,7,9H2,1-4H3,(H,14,15)/b11-8+. The summed E-state index contributed by atoms with van der Waals surface area (Å²) in [6, 6.07) is 0.123. The lowest BCUT2D eigenvalue weighted by Gasteiger charge is -2.08. The van der Waals surface area contributed by atoms with Gasteiger partial charge in [-0.15, -0.1) is 0 Å². The highest BCUT2D eigenvalue weighted by Crippen LogP contribution is 2.06. The summed E-state index contributed by atoms with van der Waals surface area (Å²) in [5.74, 6) is 0.646. The van der Waals surface area contributed by atoms with Gasteiger partial charge < -0.3 is 5.32 Å². The van der Waals surface area contributed by atoms with Crippen molar-refractivity contribution in [2.75, 3.05) is 5.75 Å². The van der Waals surface area contributed by atoms with Crippen molar-refractivity contribution < 1.29 is 4.79 Å². The molecule has 92 valence electrons. The highest BCUT2D eigenvalue weighted by molar-refractivity contribution is 7.80. The Morgan fingerprint density at radius 3 is 2.50 bits per heavy atom. The number of amides is 1. The normalized spacial score (nSPS) is 13.2. The summed E-state index contributed by atoms with van der Waals surface area (Å²) < 4.78 is 0. The van der Waals surface area contributed by atoms with Crippen molar-refractivity contribution >= 4 is 18.5 Å². The Kier molecular flexibility index (Phi) is 8.08. The third kappa shape index (κ3) is 8.60. The molecule has 16 heavy (non-hydrogen) atoms. The van der Waals surface area contributed by atoms with Gasteiger partial charge in [0.15, 0.2) is 0 Å². The summed E-state index contributed by atoms with van der Waals surface area (Å²) in [7, 11) is 0. The van der Waals surface area contributed by atoms with Crippen LogP contribution in [0.4, 0.5) is 0 Å². The molecule has 0 rings (SSSR count). The minimum absolute atomic E-state index is 0.0174. The van der Waals surface area contributed by atoms with Crippen LogP contribution in [0.5, 0.6) is 0 Å². The molecule has 2 nitrogen and oxygen atoms in total. The van der Waals surface area contributed by atoms with Gasteiger partial charge in [0, 0.05) is 17.9 Å². The van der Waals surface area contributed by atoms with Gasteiger partial charge in [0.25, 0.3) is 0 Å². The van der Waals surface area contributed by atoms with Crippen LogP contribution in [0.3, 0.4) is 0 Å². The van der Waals surface area contributed by atoms with Gasteiger partial charge in [0.2, 0.25) is 5.91 Å². The number of thiol groups is 1. The van der Waals surface area contributed by atoms with Crippen LogP contribution >= 0.6 is 12.6 Å². The Morgan fingerprint density at radius 2 is 2.00 bits per heavy atom. The van der Waals surface area contributed by atoms with Crippen molar-refractivity contribution in [3.8, 4) is 0 Å². The molecular formula is C13H23NOS. The Balaban J connectivity index is 4.01. The van der Waals surface area contributed by atoms with Crippen molar-refractivity contribution in [2.24, 2.45) is 0 Å². The van der Waals surface area contributed by atoms with Gasteiger partial charge in [-0.1, -0.05) is 17.2 Å². The van der Waals surface area contributed by atoms with E-state index in [-0.39, 0.29) is 11.9 Å². The molecule has 0 fully saturated rings. The summed E-state index contributed by atoms with van der Waals surface area (Å²) in [6.45, 7) is 8.10. The van der Waals surface area contributed by atoms with E-state index in [1.807, 2.05) is 13.8 Å². The van der Waals surface area contributed by atoms with Crippen molar-refractivity contribution in [2.45, 2.75) is 46.6 Å². The second-order valence-electron chi connectivity index (χ2n) is 4.40. The molecule has 0 aliphatic rings. The molecule has 0 saturated heterocycles. The quantitative estimate of drug-likeness (QED) is 0.417. The Hall–Kier alpha value is -0.700. The topological polar surface area (TPSA) is 29.1 Å². The molecule has 0 aliphatic heterocycles. The van der Waals surface area contributed by atoms with E-state index in [2.05, 4.69) is 37.9 Å². The number of allylic oxidation sites excluding steroid dienone is 3. The van der Waals surface area contributed by atoms with Crippen LogP contribution in [0.25, 0.3) is 0 Å². The predicted octanol–water partition coefficient (Wildman–Crippen LogP) is 3.11. The average molecular weight is 241 g/mol. The van der Waals surface area contributed by atoms with Crippen molar-refractivity contribution in [3.05, 3.63) is 23.3 Å². The number of rotatable bonds is 6. The SMILES string of the molecule is CC(C)=CCC/C(C)=C/C(=O)NC(C)CS. The maximum Gasteiger partial charge on any atom is 0.244 e. The molecule has 0 aromatic heterocycles. The lowest BCUT2D eigenvalue weighted by Crippen LogP contribution is -2.32. The van der Waals surface area contributed by atoms with E-state index in [0.29, 0.717) is 5.75 Å². The van der Waals surface area contributed by atoms with Crippen molar-refractivity contribution in [3.63, 3.8) is 0 Å². The van der Waals surface area contributed by atoms with E-state index in [1.165, 1.54) is 5.57 Å². The first-order valence-electron chi connectivity index (χ1n) is 5.67. The molecule has 1 unspecified atom stereocenters. The summed E-state index contributed by atoms with van der Waals surface area (Å²) in [5, 5.41) is 2.85. The largest absolute Gasteiger partial charge is 0.349 e. The first-order valence-corrected chi connectivity index (χ1v) is 6.30. The lowest BCUT2D eigenvalue weighted by atomic mass is 10.1. The molecular weight excluding hydrogens is 218 g/mol. The van der Waals surface area contributed by atoms with Gasteiger partial charge in [-0.2, -0.15) is 12.6 Å². The van der Waals surface area contributed by atoms with Crippen LogP contribution in [0.15, 0.2) is 23.3 Å². The summed E-state index contributed by atoms with van der Waals surface area (Å²) >= 11 is 4.12. The number of carbonyl (C=O) groups excluding carboxylic acids is 1. The second kappa shape index (κ2) is 8.45. The van der Waals surface area contributed by atoms with E-state index in [0.717, 1.165) is 18.4 Å². The minimum Gasteiger partial charge on any atom is -0.349 e. The van der Waals surface area contributed by atoms with Crippen LogP contribution in [-0.4, -0.2) is 17.7 Å². The predicted molar refractivity (Wildman–Crippen MR) is 73.9 cm³/mol. The zero-order valence-corrected chi connectivity index (χ0v) is 11.6. The highest BCUT2D eigenvalue weighted by Gasteiger charge is 2.02. The molecule has 3 heteroatoms. The molecule has 0 aromatic rings. The highest BCUT2D eigenvalue weighted by atomic mass is 32.1. The number of nitrogens with one attached hydrogen (secondary N) is 1. The second-order valence-corrected chi connectivity index (χ2v) is 4.77. The smallest absolute Gasteiger partial charge is 0.244 e. The average Bonchev–Trinajstić information content (AvgIpc) is 2.16. The van der Waals surface area contributed by atoms with E-state index in [1.54, 1.807) is 6.08 Å². The van der Waals surface area contributed by atoms with Gasteiger partial charge in [-0.25, -0.2) is 0 Å². The molecule has 0 heterocycles. The van der Waals surface area contributed by atoms with Crippen molar-refractivity contribution in [1.82, 2.24) is 5.32 Å². The molecule has 0 spiro atoms. The summed E-state index contributed by atoms with van der Waals surface area (Å²) in [5.41, 5.74) is 2.43. The Bertz CT molecular complexity index is 278. The van der Waals surface area contributed by atoms with Crippen molar-refractivity contribution in [1.29, 1.82) is 0 Å². The van der Waals surface area contributed by atoms with Gasteiger partial charge in [-0.3, -0.25) is 4.79 Å². The van der Waals surface area contributed by atoms with Gasteiger partial charge in [-0.05, 0) is 40.5 Å². The van der Waals surface area contributed by atoms with Gasteiger partial charge in [0.1, 0.15) is 0 Å². The molecule has 0 aliphatic carbocycles. The monoisotopic (exact) mass is 241 g/mol. The fraction of sp³-hybridized carbons (Fsp3) is 0.615. The maximum absolute atomic E-state index is 11.5. The molecule has 0 saturated carbocycles. The molecule has 1 amide bonds. The first kappa shape index (κ1) is 15.3. The molecule has 0 bridgehead atoms. The van der Waals surface area contributed by atoms with Crippen LogP contribution in [0.2, 0.25) is 0 Å². The van der Waals surface area contributed by atoms with E-state index in [9.17, 15) is 4.79 Å². The zero-order valence-electron chi connectivity index (χ0n) is 10.7. The fourth-order valence-corrected chi connectivity index (χ4v) is 1.31. The van der Waals surface area contributed by atoms with E-state index >= 15 is 0 Å². The number of hydrogen-bond donors (Lipinski definition) is 2. The molecule has 1 atom stereocenters. The van der Waals surface area contributed by atoms with Gasteiger partial charge in [0.05, 0.1) is 0 Å². The zero-order chi connectivity index (χ0) is 12.6. The third-order valence-electron chi connectivity index (χ3n) is 2.13. The third-order valence-corrected chi connectivity index (χ3v) is 2.68. The van der Waals surface area contributed by atoms with Crippen LogP contribution < -0.4 is 5.32 Å². The summed E-state index contributed by atoms with van der Waals surface area (Å²) in [6.07, 6.45) is 5.80. The van der Waals surface area contributed by atoms with Crippen LogP contribution in [0.1, 0.15) is 40.5 Å². The van der Waals surface area contributed by atoms with Crippen LogP contribution in [0, 0.1) is 0 Å². The Labute approximate surface area is 105 Å². The molecule has 0 aromatic carbocycles. The molecule has 0 radical (unpaired) electrons. The Morgan fingerprint density at radius 1 is 1.38 bits per heavy atom. The number of carbonyl (C=O) groups is 1. The van der Waals surface area contributed by atoms with Crippen LogP contribution in [-0.2, 0) is 4.79 Å². The lowest BCUT2D eigenvalue weighted by molar-refractivity contribution is -0.117. The van der Waals surface area contributed by atoms with Gasteiger partial charge >= 0.3 is 0 Å². The molecule has 1 N–H and O–H groups in total.